The minimum absolute atomic E-state index is 0.530. The highest BCUT2D eigenvalue weighted by molar-refractivity contribution is 5.92. The van der Waals surface area contributed by atoms with Crippen LogP contribution in [0.3, 0.4) is 0 Å². The summed E-state index contributed by atoms with van der Waals surface area (Å²) >= 11 is 0. The molecule has 5 heteroatoms. The summed E-state index contributed by atoms with van der Waals surface area (Å²) in [7, 11) is 0. The molecule has 5 nitrogen and oxygen atoms in total. The maximum Gasteiger partial charge on any atom is 0.178 e. The lowest BCUT2D eigenvalue weighted by Gasteiger charge is -2.34. The summed E-state index contributed by atoms with van der Waals surface area (Å²) in [4.78, 5) is 15.3. The monoisotopic (exact) mass is 807 g/mol. The van der Waals surface area contributed by atoms with Gasteiger partial charge in [0.25, 0.3) is 0 Å². The highest BCUT2D eigenvalue weighted by Crippen LogP contribution is 2.62. The lowest BCUT2D eigenvalue weighted by Crippen LogP contribution is -2.28. The van der Waals surface area contributed by atoms with Gasteiger partial charge in [-0.1, -0.05) is 200 Å². The third kappa shape index (κ3) is 6.13. The van der Waals surface area contributed by atoms with E-state index in [-0.39, 0.29) is 0 Å². The van der Waals surface area contributed by atoms with E-state index < -0.39 is 5.41 Å². The molecule has 0 fully saturated rings. The van der Waals surface area contributed by atoms with Crippen LogP contribution in [0.5, 0.6) is 23.0 Å². The van der Waals surface area contributed by atoms with Crippen LogP contribution in [0.15, 0.2) is 224 Å². The van der Waals surface area contributed by atoms with E-state index in [2.05, 4.69) is 188 Å². The molecule has 0 bridgehead atoms. The van der Waals surface area contributed by atoms with Gasteiger partial charge in [-0.15, -0.1) is 0 Å². The molecular weight excluding hydrogens is 771 g/mol. The zero-order valence-corrected chi connectivity index (χ0v) is 34.0. The van der Waals surface area contributed by atoms with Crippen LogP contribution in [0.25, 0.3) is 67.5 Å². The molecule has 0 N–H and O–H groups in total. The van der Waals surface area contributed by atoms with Crippen molar-refractivity contribution in [1.82, 2.24) is 15.0 Å². The van der Waals surface area contributed by atoms with Gasteiger partial charge in [0.15, 0.2) is 40.5 Å². The predicted octanol–water partition coefficient (Wildman–Crippen LogP) is 14.5. The molecule has 0 atom stereocenters. The fourth-order valence-electron chi connectivity index (χ4n) is 9.35. The molecule has 1 aliphatic heterocycles. The van der Waals surface area contributed by atoms with Crippen LogP contribution in [0, 0.1) is 0 Å². The summed E-state index contributed by atoms with van der Waals surface area (Å²) in [6.45, 7) is 0. The van der Waals surface area contributed by atoms with Crippen molar-refractivity contribution in [2.75, 3.05) is 0 Å². The fourth-order valence-corrected chi connectivity index (χ4v) is 9.35. The second-order valence-corrected chi connectivity index (χ2v) is 15.9. The third-order valence-electron chi connectivity index (χ3n) is 12.3. The Kier molecular flexibility index (Phi) is 8.64. The van der Waals surface area contributed by atoms with Gasteiger partial charge in [-0.3, -0.25) is 0 Å². The lowest BCUT2D eigenvalue weighted by molar-refractivity contribution is 0.360. The van der Waals surface area contributed by atoms with Crippen LogP contribution in [-0.2, 0) is 5.41 Å². The van der Waals surface area contributed by atoms with Crippen molar-refractivity contribution in [2.45, 2.75) is 5.41 Å². The number of ether oxygens (including phenoxy) is 2. The van der Waals surface area contributed by atoms with Crippen molar-refractivity contribution in [1.29, 1.82) is 0 Å². The van der Waals surface area contributed by atoms with Crippen LogP contribution in [0.2, 0.25) is 0 Å². The van der Waals surface area contributed by atoms with Gasteiger partial charge in [-0.2, -0.15) is 0 Å². The van der Waals surface area contributed by atoms with E-state index in [1.54, 1.807) is 0 Å². The first-order valence-corrected chi connectivity index (χ1v) is 21.2. The van der Waals surface area contributed by atoms with Crippen LogP contribution in [0.1, 0.15) is 22.3 Å². The Morgan fingerprint density at radius 2 is 0.730 bits per heavy atom. The van der Waals surface area contributed by atoms with E-state index >= 15 is 0 Å². The zero-order valence-electron chi connectivity index (χ0n) is 34.0. The van der Waals surface area contributed by atoms with Crippen LogP contribution >= 0.6 is 0 Å². The van der Waals surface area contributed by atoms with Gasteiger partial charge in [-0.25, -0.2) is 15.0 Å². The maximum absolute atomic E-state index is 7.05. The van der Waals surface area contributed by atoms with Crippen LogP contribution in [-0.4, -0.2) is 15.0 Å². The van der Waals surface area contributed by atoms with Crippen molar-refractivity contribution < 1.29 is 9.47 Å². The molecule has 0 saturated carbocycles. The van der Waals surface area contributed by atoms with E-state index in [1.807, 2.05) is 36.4 Å². The maximum atomic E-state index is 7.05. The van der Waals surface area contributed by atoms with Crippen molar-refractivity contribution in [3.05, 3.63) is 247 Å². The molecule has 0 unspecified atom stereocenters. The Labute approximate surface area is 365 Å². The molecule has 0 spiro atoms. The molecule has 12 rings (SSSR count). The average Bonchev–Trinajstić information content (AvgIpc) is 3.68. The Morgan fingerprint density at radius 1 is 0.302 bits per heavy atom. The number of nitrogens with zero attached hydrogens (tertiary/aromatic N) is 3. The van der Waals surface area contributed by atoms with E-state index in [0.29, 0.717) is 40.5 Å². The minimum atomic E-state index is -0.564. The number of aromatic nitrogens is 3. The molecule has 0 radical (unpaired) electrons. The second kappa shape index (κ2) is 14.9. The number of fused-ring (bicyclic) bond motifs is 6. The Morgan fingerprint density at radius 3 is 1.29 bits per heavy atom. The molecule has 9 aromatic carbocycles. The van der Waals surface area contributed by atoms with Crippen LogP contribution < -0.4 is 9.47 Å². The van der Waals surface area contributed by atoms with Gasteiger partial charge in [0.05, 0.1) is 5.41 Å². The lowest BCUT2D eigenvalue weighted by atomic mass is 9.68. The average molecular weight is 808 g/mol. The SMILES string of the molecule is c1ccc(-c2ccc(-c3nc(-c4ccc(-c5ccccc5)cc4)nc(-c4ccc5c(c4)Oc4c(ccc6c4-c4ccccc4C6(c4ccccc4)c4ccccc4)O5)n3)cc2)cc1. The normalized spacial score (nSPS) is 12.8. The molecule has 2 aliphatic rings. The summed E-state index contributed by atoms with van der Waals surface area (Å²) in [6.07, 6.45) is 0. The van der Waals surface area contributed by atoms with Gasteiger partial charge in [-0.05, 0) is 74.3 Å². The van der Waals surface area contributed by atoms with E-state index in [4.69, 9.17) is 24.4 Å². The first-order valence-electron chi connectivity index (χ1n) is 21.2. The Balaban J connectivity index is 0.974. The fraction of sp³-hybridized carbons (Fsp3) is 0.0172. The largest absolute Gasteiger partial charge is 0.449 e. The molecule has 0 amide bonds. The quantitative estimate of drug-likeness (QED) is 0.161. The van der Waals surface area contributed by atoms with Crippen molar-refractivity contribution in [2.24, 2.45) is 0 Å². The zero-order chi connectivity index (χ0) is 41.7. The standard InChI is InChI=1S/C58H37N3O2/c1-5-15-38(16-6-1)40-25-29-42(30-26-40)55-59-56(43-31-27-41(28-32-43)39-17-7-2-8-18-39)61-57(60-55)44-33-35-50-52(37-44)63-54-51(62-50)36-34-49-53(54)47-23-13-14-24-48(47)58(49,45-19-9-3-10-20-45)46-21-11-4-12-22-46/h1-37H. The summed E-state index contributed by atoms with van der Waals surface area (Å²) in [5.41, 5.74) is 13.4. The first kappa shape index (κ1) is 36.4. The van der Waals surface area contributed by atoms with Crippen molar-refractivity contribution in [3.8, 4) is 90.5 Å². The molecule has 1 aliphatic carbocycles. The molecule has 296 valence electrons. The summed E-state index contributed by atoms with van der Waals surface area (Å²) in [5, 5.41) is 0. The number of benzene rings is 9. The van der Waals surface area contributed by atoms with Gasteiger partial charge in [0.1, 0.15) is 0 Å². The third-order valence-corrected chi connectivity index (χ3v) is 12.3. The van der Waals surface area contributed by atoms with E-state index in [1.165, 1.54) is 16.7 Å². The predicted molar refractivity (Wildman–Crippen MR) is 251 cm³/mol. The topological polar surface area (TPSA) is 57.1 Å². The Bertz CT molecular complexity index is 3160. The number of rotatable bonds is 7. The summed E-state index contributed by atoms with van der Waals surface area (Å²) in [6, 6.07) is 77.9. The van der Waals surface area contributed by atoms with Gasteiger partial charge < -0.3 is 9.47 Å². The molecule has 0 saturated heterocycles. The molecule has 2 heterocycles. The molecule has 10 aromatic rings. The summed E-state index contributed by atoms with van der Waals surface area (Å²) < 4.78 is 13.7. The smallest absolute Gasteiger partial charge is 0.178 e. The number of hydrogen-bond acceptors (Lipinski definition) is 5. The first-order chi connectivity index (χ1) is 31.2. The highest BCUT2D eigenvalue weighted by Gasteiger charge is 2.48. The van der Waals surface area contributed by atoms with E-state index in [9.17, 15) is 0 Å². The minimum Gasteiger partial charge on any atom is -0.449 e. The van der Waals surface area contributed by atoms with Gasteiger partial charge in [0.2, 0.25) is 0 Å². The van der Waals surface area contributed by atoms with E-state index in [0.717, 1.165) is 55.6 Å². The molecule has 63 heavy (non-hydrogen) atoms. The molecule has 1 aromatic heterocycles. The Hall–Kier alpha value is -8.41. The molecular formula is C58H37N3O2. The summed E-state index contributed by atoms with van der Waals surface area (Å²) in [5.74, 6) is 4.25. The second-order valence-electron chi connectivity index (χ2n) is 15.9. The van der Waals surface area contributed by atoms with Gasteiger partial charge >= 0.3 is 0 Å². The van der Waals surface area contributed by atoms with Crippen molar-refractivity contribution in [3.63, 3.8) is 0 Å². The van der Waals surface area contributed by atoms with Crippen LogP contribution in [0.4, 0.5) is 0 Å². The van der Waals surface area contributed by atoms with Gasteiger partial charge in [0, 0.05) is 22.3 Å². The highest BCUT2D eigenvalue weighted by atomic mass is 16.6. The number of hydrogen-bond donors (Lipinski definition) is 0. The van der Waals surface area contributed by atoms with Crippen molar-refractivity contribution >= 4 is 0 Å².